The Morgan fingerprint density at radius 1 is 1.43 bits per heavy atom. The van der Waals surface area contributed by atoms with Crippen LogP contribution >= 0.6 is 0 Å². The van der Waals surface area contributed by atoms with E-state index in [-0.39, 0.29) is 5.92 Å². The van der Waals surface area contributed by atoms with Crippen LogP contribution in [0.5, 0.6) is 0 Å². The van der Waals surface area contributed by atoms with Gasteiger partial charge in [0.1, 0.15) is 0 Å². The van der Waals surface area contributed by atoms with Crippen LogP contribution in [0, 0.1) is 11.8 Å². The molecule has 3 rings (SSSR count). The summed E-state index contributed by atoms with van der Waals surface area (Å²) in [5.74, 6) is 2.15. The van der Waals surface area contributed by atoms with E-state index in [4.69, 9.17) is 9.26 Å². The summed E-state index contributed by atoms with van der Waals surface area (Å²) in [4.78, 5) is 6.89. The molecule has 0 bridgehead atoms. The van der Waals surface area contributed by atoms with Crippen molar-refractivity contribution in [3.05, 3.63) is 11.7 Å². The molecule has 6 nitrogen and oxygen atoms in total. The van der Waals surface area contributed by atoms with Gasteiger partial charge >= 0.3 is 0 Å². The summed E-state index contributed by atoms with van der Waals surface area (Å²) in [6.07, 6.45) is 3.79. The van der Waals surface area contributed by atoms with Gasteiger partial charge in [-0.1, -0.05) is 19.0 Å². The van der Waals surface area contributed by atoms with Crippen LogP contribution in [0.25, 0.3) is 0 Å². The van der Waals surface area contributed by atoms with Crippen molar-refractivity contribution < 1.29 is 14.4 Å². The maximum atomic E-state index is 10.7. The first kappa shape index (κ1) is 16.9. The van der Waals surface area contributed by atoms with Gasteiger partial charge in [-0.3, -0.25) is 4.90 Å². The van der Waals surface area contributed by atoms with Crippen molar-refractivity contribution in [1.29, 1.82) is 0 Å². The van der Waals surface area contributed by atoms with Gasteiger partial charge in [0.15, 0.2) is 5.82 Å². The standard InChI is InChI=1S/C17H29N3O3/c1-12(2)9-15-18-16(23-19-15)10-20-7-4-5-14(20)13-11-22-8-6-17(13,3)21/h12-14,21H,4-11H2,1-3H3/t13-,14-,17+/m1/s1. The zero-order valence-corrected chi connectivity index (χ0v) is 14.5. The molecular weight excluding hydrogens is 294 g/mol. The SMILES string of the molecule is CC(C)Cc1noc(CN2CCC[C@@H]2[C@H]2COCC[C@]2(C)O)n1. The highest BCUT2D eigenvalue weighted by Gasteiger charge is 2.44. The molecule has 0 aliphatic carbocycles. The number of aliphatic hydroxyl groups is 1. The lowest BCUT2D eigenvalue weighted by molar-refractivity contribution is -0.124. The zero-order chi connectivity index (χ0) is 16.4. The Hall–Kier alpha value is -0.980. The molecule has 2 aliphatic rings. The second kappa shape index (κ2) is 6.87. The van der Waals surface area contributed by atoms with Crippen molar-refractivity contribution in [2.45, 2.75) is 64.6 Å². The average Bonchev–Trinajstić information content (AvgIpc) is 3.08. The van der Waals surface area contributed by atoms with Crippen LogP contribution in [-0.2, 0) is 17.7 Å². The van der Waals surface area contributed by atoms with E-state index >= 15 is 0 Å². The van der Waals surface area contributed by atoms with E-state index in [1.165, 1.54) is 0 Å². The molecule has 3 atom stereocenters. The van der Waals surface area contributed by atoms with E-state index in [0.717, 1.165) is 31.6 Å². The largest absolute Gasteiger partial charge is 0.390 e. The maximum Gasteiger partial charge on any atom is 0.240 e. The van der Waals surface area contributed by atoms with Crippen LogP contribution < -0.4 is 0 Å². The predicted octanol–water partition coefficient (Wildman–Crippen LogP) is 2.02. The van der Waals surface area contributed by atoms with Gasteiger partial charge in [-0.25, -0.2) is 0 Å². The van der Waals surface area contributed by atoms with Gasteiger partial charge in [0, 0.05) is 25.0 Å². The topological polar surface area (TPSA) is 71.6 Å². The van der Waals surface area contributed by atoms with Gasteiger partial charge in [-0.05, 0) is 38.6 Å². The fourth-order valence-electron chi connectivity index (χ4n) is 3.86. The lowest BCUT2D eigenvalue weighted by Gasteiger charge is -2.43. The van der Waals surface area contributed by atoms with Gasteiger partial charge in [0.2, 0.25) is 5.89 Å². The minimum absolute atomic E-state index is 0.150. The number of nitrogens with zero attached hydrogens (tertiary/aromatic N) is 3. The van der Waals surface area contributed by atoms with E-state index in [1.807, 2.05) is 6.92 Å². The molecule has 130 valence electrons. The number of ether oxygens (including phenoxy) is 1. The molecule has 23 heavy (non-hydrogen) atoms. The van der Waals surface area contributed by atoms with Crippen LogP contribution in [0.15, 0.2) is 4.52 Å². The normalized spacial score (nSPS) is 32.7. The average molecular weight is 323 g/mol. The highest BCUT2D eigenvalue weighted by Crippen LogP contribution is 2.36. The van der Waals surface area contributed by atoms with Crippen LogP contribution in [0.3, 0.4) is 0 Å². The molecule has 0 saturated carbocycles. The Bertz CT molecular complexity index is 515. The van der Waals surface area contributed by atoms with Crippen molar-refractivity contribution in [2.75, 3.05) is 19.8 Å². The van der Waals surface area contributed by atoms with Gasteiger partial charge in [0.05, 0.1) is 18.8 Å². The summed E-state index contributed by atoms with van der Waals surface area (Å²) in [5, 5.41) is 14.8. The van der Waals surface area contributed by atoms with E-state index in [9.17, 15) is 5.11 Å². The highest BCUT2D eigenvalue weighted by atomic mass is 16.5. The van der Waals surface area contributed by atoms with Crippen molar-refractivity contribution in [3.8, 4) is 0 Å². The molecule has 1 aromatic heterocycles. The number of aromatic nitrogens is 2. The van der Waals surface area contributed by atoms with E-state index < -0.39 is 5.60 Å². The van der Waals surface area contributed by atoms with Crippen LogP contribution in [0.1, 0.15) is 51.7 Å². The molecule has 2 aliphatic heterocycles. The summed E-state index contributed by atoms with van der Waals surface area (Å²) in [5.41, 5.74) is -0.650. The molecule has 0 unspecified atom stereocenters. The minimum atomic E-state index is -0.650. The predicted molar refractivity (Wildman–Crippen MR) is 85.8 cm³/mol. The van der Waals surface area contributed by atoms with Gasteiger partial charge in [-0.2, -0.15) is 4.98 Å². The summed E-state index contributed by atoms with van der Waals surface area (Å²) in [7, 11) is 0. The molecule has 2 fully saturated rings. The Kier molecular flexibility index (Phi) is 5.04. The van der Waals surface area contributed by atoms with E-state index in [2.05, 4.69) is 28.9 Å². The number of rotatable bonds is 5. The molecule has 0 spiro atoms. The number of hydrogen-bond donors (Lipinski definition) is 1. The number of hydrogen-bond acceptors (Lipinski definition) is 6. The Labute approximate surface area is 138 Å². The molecule has 2 saturated heterocycles. The first-order chi connectivity index (χ1) is 11.0. The van der Waals surface area contributed by atoms with Crippen molar-refractivity contribution in [2.24, 2.45) is 11.8 Å². The molecule has 1 aromatic rings. The maximum absolute atomic E-state index is 10.7. The highest BCUT2D eigenvalue weighted by molar-refractivity contribution is 4.97. The van der Waals surface area contributed by atoms with Crippen molar-refractivity contribution in [1.82, 2.24) is 15.0 Å². The quantitative estimate of drug-likeness (QED) is 0.894. The van der Waals surface area contributed by atoms with Crippen LogP contribution in [-0.4, -0.2) is 51.5 Å². The fourth-order valence-corrected chi connectivity index (χ4v) is 3.86. The van der Waals surface area contributed by atoms with E-state index in [1.54, 1.807) is 0 Å². The summed E-state index contributed by atoms with van der Waals surface area (Å²) < 4.78 is 11.1. The molecule has 6 heteroatoms. The fraction of sp³-hybridized carbons (Fsp3) is 0.882. The van der Waals surface area contributed by atoms with Crippen molar-refractivity contribution >= 4 is 0 Å². The second-order valence-electron chi connectivity index (χ2n) is 7.67. The van der Waals surface area contributed by atoms with Crippen LogP contribution in [0.4, 0.5) is 0 Å². The van der Waals surface area contributed by atoms with Crippen LogP contribution in [0.2, 0.25) is 0 Å². The zero-order valence-electron chi connectivity index (χ0n) is 14.5. The minimum Gasteiger partial charge on any atom is -0.390 e. The summed E-state index contributed by atoms with van der Waals surface area (Å²) in [6.45, 7) is 9.22. The summed E-state index contributed by atoms with van der Waals surface area (Å²) >= 11 is 0. The molecule has 0 radical (unpaired) electrons. The first-order valence-corrected chi connectivity index (χ1v) is 8.81. The van der Waals surface area contributed by atoms with Crippen molar-refractivity contribution in [3.63, 3.8) is 0 Å². The third-order valence-electron chi connectivity index (χ3n) is 5.17. The third-order valence-corrected chi connectivity index (χ3v) is 5.17. The van der Waals surface area contributed by atoms with E-state index in [0.29, 0.717) is 44.0 Å². The summed E-state index contributed by atoms with van der Waals surface area (Å²) in [6, 6.07) is 0.325. The third kappa shape index (κ3) is 3.92. The second-order valence-corrected chi connectivity index (χ2v) is 7.67. The van der Waals surface area contributed by atoms with Gasteiger partial charge < -0.3 is 14.4 Å². The van der Waals surface area contributed by atoms with Gasteiger partial charge in [-0.15, -0.1) is 0 Å². The van der Waals surface area contributed by atoms with Gasteiger partial charge in [0.25, 0.3) is 0 Å². The smallest absolute Gasteiger partial charge is 0.240 e. The Morgan fingerprint density at radius 2 is 2.26 bits per heavy atom. The molecular formula is C17H29N3O3. The lowest BCUT2D eigenvalue weighted by atomic mass is 9.79. The number of likely N-dealkylation sites (tertiary alicyclic amines) is 1. The first-order valence-electron chi connectivity index (χ1n) is 8.81. The molecule has 0 amide bonds. The molecule has 3 heterocycles. The molecule has 1 N–H and O–H groups in total. The Morgan fingerprint density at radius 3 is 3.00 bits per heavy atom. The Balaban J connectivity index is 1.66. The lowest BCUT2D eigenvalue weighted by Crippen LogP contribution is -2.52. The molecule has 0 aromatic carbocycles. The monoisotopic (exact) mass is 323 g/mol.